The lowest BCUT2D eigenvalue weighted by molar-refractivity contribution is -0.160. The molecule has 1 aromatic carbocycles. The summed E-state index contributed by atoms with van der Waals surface area (Å²) < 4.78 is 9.96. The highest BCUT2D eigenvalue weighted by Crippen LogP contribution is 2.31. The average Bonchev–Trinajstić information content (AvgIpc) is 3.17. The molecule has 1 saturated heterocycles. The van der Waals surface area contributed by atoms with Gasteiger partial charge in [0.2, 0.25) is 0 Å². The van der Waals surface area contributed by atoms with Crippen molar-refractivity contribution in [2.45, 2.75) is 32.1 Å². The average molecular weight is 389 g/mol. The van der Waals surface area contributed by atoms with Crippen LogP contribution in [0.5, 0.6) is 5.75 Å². The first kappa shape index (κ1) is 19.3. The third-order valence-corrected chi connectivity index (χ3v) is 5.66. The highest BCUT2D eigenvalue weighted by atomic mass is 32.1. The van der Waals surface area contributed by atoms with Gasteiger partial charge in [0.25, 0.3) is 0 Å². The summed E-state index contributed by atoms with van der Waals surface area (Å²) in [6.45, 7) is 2.98. The van der Waals surface area contributed by atoms with E-state index in [4.69, 9.17) is 9.47 Å². The number of benzene rings is 1. The zero-order valence-electron chi connectivity index (χ0n) is 15.5. The Morgan fingerprint density at radius 2 is 1.89 bits per heavy atom. The Hall–Kier alpha value is -2.48. The molecule has 0 N–H and O–H groups in total. The summed E-state index contributed by atoms with van der Waals surface area (Å²) >= 11 is 1.62. The summed E-state index contributed by atoms with van der Waals surface area (Å²) in [4.78, 5) is 25.1. The second-order valence-corrected chi connectivity index (χ2v) is 7.44. The molecule has 1 aliphatic heterocycles. The summed E-state index contributed by atoms with van der Waals surface area (Å²) in [5.74, 6) is -0.208. The number of esters is 1. The first-order chi connectivity index (χ1) is 13.1. The van der Waals surface area contributed by atoms with Crippen LogP contribution < -0.4 is 4.74 Å². The van der Waals surface area contributed by atoms with Crippen molar-refractivity contribution in [3.63, 3.8) is 0 Å². The van der Waals surface area contributed by atoms with Gasteiger partial charge in [-0.1, -0.05) is 12.1 Å². The van der Waals surface area contributed by atoms with Crippen LogP contribution in [0.25, 0.3) is 0 Å². The molecule has 27 heavy (non-hydrogen) atoms. The fraction of sp³-hybridized carbons (Fsp3) is 0.474. The van der Waals surface area contributed by atoms with E-state index in [0.29, 0.717) is 13.1 Å². The van der Waals surface area contributed by atoms with Gasteiger partial charge in [0.05, 0.1) is 13.7 Å². The molecule has 2 aromatic rings. The quantitative estimate of drug-likeness (QED) is 0.577. The molecule has 2 heterocycles. The Morgan fingerprint density at radius 3 is 2.52 bits per heavy atom. The number of amides is 1. The SMILES string of the molecule is CCOC(=O)C(=O)N1CCC(c2nnc(Cc3ccc(OC)cc3)s2)CC1. The van der Waals surface area contributed by atoms with Gasteiger partial charge in [-0.2, -0.15) is 0 Å². The van der Waals surface area contributed by atoms with E-state index in [-0.39, 0.29) is 12.5 Å². The van der Waals surface area contributed by atoms with Gasteiger partial charge in [-0.05, 0) is 37.5 Å². The van der Waals surface area contributed by atoms with E-state index in [1.165, 1.54) is 0 Å². The first-order valence-corrected chi connectivity index (χ1v) is 9.83. The number of carbonyl (C=O) groups is 2. The number of piperidine rings is 1. The largest absolute Gasteiger partial charge is 0.497 e. The fourth-order valence-corrected chi connectivity index (χ4v) is 4.12. The van der Waals surface area contributed by atoms with E-state index in [2.05, 4.69) is 10.2 Å². The van der Waals surface area contributed by atoms with Gasteiger partial charge in [-0.15, -0.1) is 21.5 Å². The topological polar surface area (TPSA) is 81.6 Å². The summed E-state index contributed by atoms with van der Waals surface area (Å²) in [5, 5.41) is 10.6. The third kappa shape index (κ3) is 4.82. The Kier molecular flexibility index (Phi) is 6.39. The number of carbonyl (C=O) groups excluding carboxylic acids is 2. The molecule has 0 saturated carbocycles. The predicted molar refractivity (Wildman–Crippen MR) is 101 cm³/mol. The van der Waals surface area contributed by atoms with E-state index >= 15 is 0 Å². The van der Waals surface area contributed by atoms with Crippen molar-refractivity contribution >= 4 is 23.2 Å². The van der Waals surface area contributed by atoms with Crippen molar-refractivity contribution in [1.29, 1.82) is 0 Å². The molecule has 1 fully saturated rings. The van der Waals surface area contributed by atoms with Gasteiger partial charge < -0.3 is 14.4 Å². The summed E-state index contributed by atoms with van der Waals surface area (Å²) in [5.41, 5.74) is 1.16. The molecule has 3 rings (SSSR count). The van der Waals surface area contributed by atoms with Gasteiger partial charge >= 0.3 is 11.9 Å². The van der Waals surface area contributed by atoms with Crippen molar-refractivity contribution in [2.24, 2.45) is 0 Å². The van der Waals surface area contributed by atoms with Crippen LogP contribution in [0.2, 0.25) is 0 Å². The molecule has 0 unspecified atom stereocenters. The highest BCUT2D eigenvalue weighted by Gasteiger charge is 2.29. The monoisotopic (exact) mass is 389 g/mol. The van der Waals surface area contributed by atoms with Crippen LogP contribution in [0.15, 0.2) is 24.3 Å². The number of ether oxygens (including phenoxy) is 2. The zero-order chi connectivity index (χ0) is 19.2. The molecule has 8 heteroatoms. The van der Waals surface area contributed by atoms with Crippen LogP contribution in [0.4, 0.5) is 0 Å². The molecule has 1 aromatic heterocycles. The molecule has 7 nitrogen and oxygen atoms in total. The van der Waals surface area contributed by atoms with Crippen LogP contribution in [0.3, 0.4) is 0 Å². The second-order valence-electron chi connectivity index (χ2n) is 6.35. The lowest BCUT2D eigenvalue weighted by Crippen LogP contribution is -2.42. The highest BCUT2D eigenvalue weighted by molar-refractivity contribution is 7.11. The molecular weight excluding hydrogens is 366 g/mol. The van der Waals surface area contributed by atoms with Gasteiger partial charge in [0.15, 0.2) is 0 Å². The molecular formula is C19H23N3O4S. The number of nitrogens with zero attached hydrogens (tertiary/aromatic N) is 3. The number of aromatic nitrogens is 2. The van der Waals surface area contributed by atoms with Gasteiger partial charge in [-0.25, -0.2) is 4.79 Å². The van der Waals surface area contributed by atoms with Crippen LogP contribution in [0, 0.1) is 0 Å². The van der Waals surface area contributed by atoms with Gasteiger partial charge in [0.1, 0.15) is 15.8 Å². The number of likely N-dealkylation sites (tertiary alicyclic amines) is 1. The number of methoxy groups -OCH3 is 1. The molecule has 0 atom stereocenters. The van der Waals surface area contributed by atoms with E-state index in [1.807, 2.05) is 24.3 Å². The summed E-state index contributed by atoms with van der Waals surface area (Å²) in [6, 6.07) is 7.93. The molecule has 0 radical (unpaired) electrons. The number of rotatable bonds is 5. The minimum Gasteiger partial charge on any atom is -0.497 e. The summed E-state index contributed by atoms with van der Waals surface area (Å²) in [7, 11) is 1.65. The Morgan fingerprint density at radius 1 is 1.19 bits per heavy atom. The summed E-state index contributed by atoms with van der Waals surface area (Å²) in [6.07, 6.45) is 2.30. The Balaban J connectivity index is 1.54. The standard InChI is InChI=1S/C19H23N3O4S/c1-3-26-19(24)18(23)22-10-8-14(9-11-22)17-21-20-16(27-17)12-13-4-6-15(25-2)7-5-13/h4-7,14H,3,8-12H2,1-2H3. The van der Waals surface area contributed by atoms with Crippen molar-refractivity contribution in [1.82, 2.24) is 15.1 Å². The van der Waals surface area contributed by atoms with Crippen molar-refractivity contribution in [3.05, 3.63) is 39.8 Å². The minimum absolute atomic E-state index is 0.211. The van der Waals surface area contributed by atoms with E-state index in [9.17, 15) is 9.59 Å². The molecule has 1 aliphatic rings. The third-order valence-electron chi connectivity index (χ3n) is 4.58. The molecule has 1 amide bonds. The Labute approximate surface area is 162 Å². The first-order valence-electron chi connectivity index (χ1n) is 9.02. The zero-order valence-corrected chi connectivity index (χ0v) is 16.3. The van der Waals surface area contributed by atoms with Gasteiger partial charge in [0, 0.05) is 25.4 Å². The molecule has 0 bridgehead atoms. The predicted octanol–water partition coefficient (Wildman–Crippen LogP) is 2.41. The van der Waals surface area contributed by atoms with Crippen molar-refractivity contribution in [3.8, 4) is 5.75 Å². The minimum atomic E-state index is -0.770. The van der Waals surface area contributed by atoms with Crippen LogP contribution in [-0.4, -0.2) is 53.8 Å². The fourth-order valence-electron chi connectivity index (χ4n) is 3.07. The number of hydrogen-bond donors (Lipinski definition) is 0. The van der Waals surface area contributed by atoms with E-state index in [1.54, 1.807) is 30.3 Å². The van der Waals surface area contributed by atoms with E-state index in [0.717, 1.165) is 40.6 Å². The van der Waals surface area contributed by atoms with Crippen LogP contribution >= 0.6 is 11.3 Å². The lowest BCUT2D eigenvalue weighted by atomic mass is 9.97. The second kappa shape index (κ2) is 8.94. The van der Waals surface area contributed by atoms with Crippen molar-refractivity contribution < 1.29 is 19.1 Å². The van der Waals surface area contributed by atoms with Crippen molar-refractivity contribution in [2.75, 3.05) is 26.8 Å². The van der Waals surface area contributed by atoms with Crippen LogP contribution in [-0.2, 0) is 20.7 Å². The van der Waals surface area contributed by atoms with E-state index < -0.39 is 11.9 Å². The van der Waals surface area contributed by atoms with Crippen LogP contribution in [0.1, 0.15) is 41.3 Å². The maximum Gasteiger partial charge on any atom is 0.397 e. The molecule has 144 valence electrons. The Bertz CT molecular complexity index is 783. The maximum atomic E-state index is 12.0. The molecule has 0 spiro atoms. The maximum absolute atomic E-state index is 12.0. The lowest BCUT2D eigenvalue weighted by Gasteiger charge is -2.30. The normalized spacial score (nSPS) is 14.8. The molecule has 0 aliphatic carbocycles. The smallest absolute Gasteiger partial charge is 0.397 e. The van der Waals surface area contributed by atoms with Gasteiger partial charge in [-0.3, -0.25) is 4.79 Å². The number of hydrogen-bond acceptors (Lipinski definition) is 7.